The summed E-state index contributed by atoms with van der Waals surface area (Å²) in [5, 5.41) is 10.4. The molecule has 0 aliphatic carbocycles. The van der Waals surface area contributed by atoms with E-state index in [4.69, 9.17) is 9.84 Å². The van der Waals surface area contributed by atoms with Crippen LogP contribution in [0.4, 0.5) is 13.2 Å². The van der Waals surface area contributed by atoms with Gasteiger partial charge in [0.25, 0.3) is 0 Å². The Morgan fingerprint density at radius 1 is 1.28 bits per heavy atom. The number of carboxylic acids is 1. The van der Waals surface area contributed by atoms with Crippen molar-refractivity contribution in [2.45, 2.75) is 45.1 Å². The van der Waals surface area contributed by atoms with E-state index >= 15 is 0 Å². The molecule has 0 aliphatic heterocycles. The number of alkyl halides is 3. The maximum Gasteiger partial charge on any atom is 0.471 e. The molecule has 8 heteroatoms. The summed E-state index contributed by atoms with van der Waals surface area (Å²) in [5.74, 6) is -3.38. The van der Waals surface area contributed by atoms with Gasteiger partial charge in [0, 0.05) is 13.0 Å². The summed E-state index contributed by atoms with van der Waals surface area (Å²) in [6, 6.07) is 0. The zero-order valence-electron chi connectivity index (χ0n) is 10.3. The summed E-state index contributed by atoms with van der Waals surface area (Å²) in [7, 11) is 0. The minimum atomic E-state index is -4.97. The lowest BCUT2D eigenvalue weighted by Crippen LogP contribution is -2.40. The Morgan fingerprint density at radius 3 is 2.11 bits per heavy atom. The first kappa shape index (κ1) is 16.7. The van der Waals surface area contributed by atoms with Crippen LogP contribution in [0, 0.1) is 0 Å². The topological polar surface area (TPSA) is 75.6 Å². The van der Waals surface area contributed by atoms with Gasteiger partial charge in [0.2, 0.25) is 0 Å². The van der Waals surface area contributed by atoms with E-state index in [1.807, 2.05) is 0 Å². The van der Waals surface area contributed by atoms with E-state index in [1.165, 1.54) is 0 Å². The molecule has 0 bridgehead atoms. The summed E-state index contributed by atoms with van der Waals surface area (Å²) in [6.07, 6.45) is -6.48. The first-order valence-corrected chi connectivity index (χ1v) is 5.19. The minimum absolute atomic E-state index is 0.242. The standard InChI is InChI=1S/C10H16F3NO4/c1-9(2,3)18-6(7(15)16)4-5-14-8(17)10(11,12)13/h6H,4-5H2,1-3H3,(H,14,17)(H,15,16)/t6-/m1/s1. The first-order valence-electron chi connectivity index (χ1n) is 5.19. The van der Waals surface area contributed by atoms with E-state index in [0.717, 1.165) is 0 Å². The van der Waals surface area contributed by atoms with E-state index < -0.39 is 36.3 Å². The predicted molar refractivity (Wildman–Crippen MR) is 55.9 cm³/mol. The second kappa shape index (κ2) is 6.03. The van der Waals surface area contributed by atoms with E-state index in [2.05, 4.69) is 0 Å². The molecule has 0 rings (SSSR count). The van der Waals surface area contributed by atoms with Crippen molar-refractivity contribution in [2.24, 2.45) is 0 Å². The average molecular weight is 271 g/mol. The number of rotatable bonds is 5. The molecule has 0 saturated carbocycles. The van der Waals surface area contributed by atoms with Crippen LogP contribution in [-0.4, -0.2) is 41.4 Å². The Hall–Kier alpha value is -1.31. The van der Waals surface area contributed by atoms with Crippen molar-refractivity contribution >= 4 is 11.9 Å². The van der Waals surface area contributed by atoms with E-state index in [-0.39, 0.29) is 6.42 Å². The Kier molecular flexibility index (Phi) is 5.59. The normalized spacial score (nSPS) is 14.1. The van der Waals surface area contributed by atoms with Crippen LogP contribution in [0.3, 0.4) is 0 Å². The van der Waals surface area contributed by atoms with Gasteiger partial charge in [-0.3, -0.25) is 4.79 Å². The number of aliphatic carboxylic acids is 1. The first-order chi connectivity index (χ1) is 7.93. The largest absolute Gasteiger partial charge is 0.479 e. The highest BCUT2D eigenvalue weighted by molar-refractivity contribution is 5.81. The van der Waals surface area contributed by atoms with Crippen molar-refractivity contribution in [1.29, 1.82) is 0 Å². The number of nitrogens with one attached hydrogen (secondary N) is 1. The van der Waals surface area contributed by atoms with Gasteiger partial charge in [-0.1, -0.05) is 0 Å². The third-order valence-corrected chi connectivity index (χ3v) is 1.72. The number of carbonyl (C=O) groups is 2. The summed E-state index contributed by atoms with van der Waals surface area (Å²) < 4.78 is 40.7. The van der Waals surface area contributed by atoms with Crippen LogP contribution in [0.5, 0.6) is 0 Å². The average Bonchev–Trinajstić information content (AvgIpc) is 2.12. The van der Waals surface area contributed by atoms with Crippen molar-refractivity contribution in [3.8, 4) is 0 Å². The highest BCUT2D eigenvalue weighted by Crippen LogP contribution is 2.15. The molecule has 0 fully saturated rings. The number of amides is 1. The van der Waals surface area contributed by atoms with Gasteiger partial charge in [0.15, 0.2) is 6.10 Å². The Bertz CT molecular complexity index is 309. The molecule has 0 spiro atoms. The van der Waals surface area contributed by atoms with Crippen molar-refractivity contribution in [2.75, 3.05) is 6.54 Å². The van der Waals surface area contributed by atoms with Gasteiger partial charge in [0.1, 0.15) is 0 Å². The fourth-order valence-corrected chi connectivity index (χ4v) is 1.08. The minimum Gasteiger partial charge on any atom is -0.479 e. The lowest BCUT2D eigenvalue weighted by atomic mass is 10.1. The van der Waals surface area contributed by atoms with Crippen LogP contribution in [0.1, 0.15) is 27.2 Å². The SMILES string of the molecule is CC(C)(C)O[C@H](CCNC(=O)C(F)(F)F)C(=O)O. The molecule has 0 aliphatic rings. The molecule has 18 heavy (non-hydrogen) atoms. The van der Waals surface area contributed by atoms with Crippen LogP contribution in [0.25, 0.3) is 0 Å². The maximum absolute atomic E-state index is 11.8. The van der Waals surface area contributed by atoms with Crippen LogP contribution >= 0.6 is 0 Å². The number of carboxylic acid groups (broad SMARTS) is 1. The molecule has 0 saturated heterocycles. The quantitative estimate of drug-likeness (QED) is 0.790. The van der Waals surface area contributed by atoms with Crippen molar-refractivity contribution in [3.05, 3.63) is 0 Å². The van der Waals surface area contributed by atoms with Crippen LogP contribution < -0.4 is 5.32 Å². The lowest BCUT2D eigenvalue weighted by Gasteiger charge is -2.25. The number of hydrogen-bond acceptors (Lipinski definition) is 3. The zero-order valence-corrected chi connectivity index (χ0v) is 10.3. The van der Waals surface area contributed by atoms with Crippen molar-refractivity contribution in [3.63, 3.8) is 0 Å². The van der Waals surface area contributed by atoms with Gasteiger partial charge >= 0.3 is 18.1 Å². The van der Waals surface area contributed by atoms with Gasteiger partial charge in [0.05, 0.1) is 5.60 Å². The van der Waals surface area contributed by atoms with Gasteiger partial charge in [-0.05, 0) is 20.8 Å². The van der Waals surface area contributed by atoms with E-state index in [0.29, 0.717) is 0 Å². The fraction of sp³-hybridized carbons (Fsp3) is 0.800. The van der Waals surface area contributed by atoms with Crippen LogP contribution in [0.15, 0.2) is 0 Å². The molecular weight excluding hydrogens is 255 g/mol. The fourth-order valence-electron chi connectivity index (χ4n) is 1.08. The molecule has 0 aromatic rings. The molecule has 0 unspecified atom stereocenters. The van der Waals surface area contributed by atoms with Gasteiger partial charge in [-0.25, -0.2) is 4.79 Å². The maximum atomic E-state index is 11.8. The number of hydrogen-bond donors (Lipinski definition) is 2. The highest BCUT2D eigenvalue weighted by Gasteiger charge is 2.38. The van der Waals surface area contributed by atoms with Crippen molar-refractivity contribution in [1.82, 2.24) is 5.32 Å². The number of halogens is 3. The number of carbonyl (C=O) groups excluding carboxylic acids is 1. The van der Waals surface area contributed by atoms with Crippen molar-refractivity contribution < 1.29 is 32.6 Å². The second-order valence-corrected chi connectivity index (χ2v) is 4.60. The third-order valence-electron chi connectivity index (χ3n) is 1.72. The molecule has 0 aromatic carbocycles. The predicted octanol–water partition coefficient (Wildman–Crippen LogP) is 1.32. The van der Waals surface area contributed by atoms with E-state index in [9.17, 15) is 22.8 Å². The monoisotopic (exact) mass is 271 g/mol. The molecular formula is C10H16F3NO4. The smallest absolute Gasteiger partial charge is 0.471 e. The van der Waals surface area contributed by atoms with Crippen LogP contribution in [0.2, 0.25) is 0 Å². The summed E-state index contributed by atoms with van der Waals surface area (Å²) >= 11 is 0. The Morgan fingerprint density at radius 2 is 1.78 bits per heavy atom. The summed E-state index contributed by atoms with van der Waals surface area (Å²) in [5.41, 5.74) is -0.739. The van der Waals surface area contributed by atoms with E-state index in [1.54, 1.807) is 26.1 Å². The Balaban J connectivity index is 4.23. The van der Waals surface area contributed by atoms with Gasteiger partial charge < -0.3 is 15.2 Å². The van der Waals surface area contributed by atoms with Gasteiger partial charge in [-0.2, -0.15) is 13.2 Å². The lowest BCUT2D eigenvalue weighted by molar-refractivity contribution is -0.174. The highest BCUT2D eigenvalue weighted by atomic mass is 19.4. The third kappa shape index (κ3) is 7.10. The zero-order chi connectivity index (χ0) is 14.6. The summed E-state index contributed by atoms with van der Waals surface area (Å²) in [4.78, 5) is 21.3. The van der Waals surface area contributed by atoms with Gasteiger partial charge in [-0.15, -0.1) is 0 Å². The molecule has 2 N–H and O–H groups in total. The van der Waals surface area contributed by atoms with Crippen LogP contribution in [-0.2, 0) is 14.3 Å². The molecule has 0 heterocycles. The molecule has 1 amide bonds. The molecule has 5 nitrogen and oxygen atoms in total. The molecule has 1 atom stereocenters. The molecule has 0 radical (unpaired) electrons. The second-order valence-electron chi connectivity index (χ2n) is 4.60. The summed E-state index contributed by atoms with van der Waals surface area (Å²) in [6.45, 7) is 4.44. The molecule has 0 aromatic heterocycles. The Labute approximate surface area is 102 Å². The molecule has 106 valence electrons. The number of ether oxygens (including phenoxy) is 1.